The highest BCUT2D eigenvalue weighted by Gasteiger charge is 1.63. The Morgan fingerprint density at radius 2 is 0.647 bits per heavy atom. The summed E-state index contributed by atoms with van der Waals surface area (Å²) in [5.74, 6) is 0. The normalized spacial score (nSPS) is 8.12. The van der Waals surface area contributed by atoms with Gasteiger partial charge in [-0.05, 0) is 0 Å². The van der Waals surface area contributed by atoms with Gasteiger partial charge in [-0.15, -0.1) is 0 Å². The number of ether oxygens (including phenoxy) is 2. The highest BCUT2D eigenvalue weighted by molar-refractivity contribution is 4.99. The first-order chi connectivity index (χ1) is 8.41. The van der Waals surface area contributed by atoms with Gasteiger partial charge in [0.15, 0.2) is 0 Å². The summed E-state index contributed by atoms with van der Waals surface area (Å²) >= 11 is 0. The lowest BCUT2D eigenvalue weighted by Crippen LogP contribution is -1.87. The second kappa shape index (κ2) is 14.4. The number of benzene rings is 2. The van der Waals surface area contributed by atoms with Gasteiger partial charge in [-0.1, -0.05) is 72.8 Å². The molecule has 0 unspecified atom stereocenters. The molecular formula is C15H20O2. The molecule has 0 aliphatic rings. The van der Waals surface area contributed by atoms with Crippen molar-refractivity contribution >= 4 is 0 Å². The SMILES string of the molecule is COCOC.c1ccccc1.c1ccccc1. The fourth-order valence-corrected chi connectivity index (χ4v) is 0.888. The molecule has 0 amide bonds. The van der Waals surface area contributed by atoms with Crippen molar-refractivity contribution in [1.29, 1.82) is 0 Å². The molecule has 2 nitrogen and oxygen atoms in total. The standard InChI is InChI=1S/2C6H6.C3H8O2/c2*1-2-4-6-5-3-1;1-4-3-5-2/h2*1-6H;3H2,1-2H3. The molecule has 0 N–H and O–H groups in total. The highest BCUT2D eigenvalue weighted by atomic mass is 16.6. The first-order valence-electron chi connectivity index (χ1n) is 5.39. The smallest absolute Gasteiger partial charge is 0.145 e. The minimum absolute atomic E-state index is 0.389. The van der Waals surface area contributed by atoms with Gasteiger partial charge in [0.1, 0.15) is 6.79 Å². The van der Waals surface area contributed by atoms with E-state index in [1.807, 2.05) is 72.8 Å². The van der Waals surface area contributed by atoms with E-state index in [9.17, 15) is 0 Å². The maximum Gasteiger partial charge on any atom is 0.145 e. The van der Waals surface area contributed by atoms with Crippen molar-refractivity contribution in [2.45, 2.75) is 0 Å². The maximum absolute atomic E-state index is 4.47. The quantitative estimate of drug-likeness (QED) is 0.736. The van der Waals surface area contributed by atoms with Crippen LogP contribution in [0.5, 0.6) is 0 Å². The average molecular weight is 232 g/mol. The third kappa shape index (κ3) is 14.4. The second-order valence-corrected chi connectivity index (χ2v) is 3.00. The van der Waals surface area contributed by atoms with Crippen molar-refractivity contribution in [2.24, 2.45) is 0 Å². The Balaban J connectivity index is 0.000000228. The molecule has 17 heavy (non-hydrogen) atoms. The van der Waals surface area contributed by atoms with Crippen molar-refractivity contribution in [3.63, 3.8) is 0 Å². The lowest BCUT2D eigenvalue weighted by molar-refractivity contribution is -0.00271. The molecule has 0 aliphatic carbocycles. The zero-order valence-corrected chi connectivity index (χ0v) is 10.5. The van der Waals surface area contributed by atoms with E-state index in [1.165, 1.54) is 0 Å². The first-order valence-corrected chi connectivity index (χ1v) is 5.39. The van der Waals surface area contributed by atoms with E-state index in [0.29, 0.717) is 6.79 Å². The topological polar surface area (TPSA) is 18.5 Å². The molecule has 0 heterocycles. The van der Waals surface area contributed by atoms with Crippen molar-refractivity contribution in [3.05, 3.63) is 72.8 Å². The Kier molecular flexibility index (Phi) is 13.0. The largest absolute Gasteiger partial charge is 0.359 e. The molecule has 0 aromatic heterocycles. The Bertz CT molecular complexity index is 221. The van der Waals surface area contributed by atoms with Crippen molar-refractivity contribution in [3.8, 4) is 0 Å². The summed E-state index contributed by atoms with van der Waals surface area (Å²) in [7, 11) is 3.17. The van der Waals surface area contributed by atoms with Gasteiger partial charge >= 0.3 is 0 Å². The molecule has 0 fully saturated rings. The van der Waals surface area contributed by atoms with Crippen molar-refractivity contribution in [2.75, 3.05) is 21.0 Å². The van der Waals surface area contributed by atoms with Crippen molar-refractivity contribution in [1.82, 2.24) is 0 Å². The Hall–Kier alpha value is -1.64. The summed E-state index contributed by atoms with van der Waals surface area (Å²) in [4.78, 5) is 0. The van der Waals surface area contributed by atoms with Gasteiger partial charge in [-0.3, -0.25) is 0 Å². The fraction of sp³-hybridized carbons (Fsp3) is 0.200. The molecule has 2 aromatic rings. The van der Waals surface area contributed by atoms with Gasteiger partial charge in [-0.2, -0.15) is 0 Å². The van der Waals surface area contributed by atoms with Crippen LogP contribution in [0.3, 0.4) is 0 Å². The maximum atomic E-state index is 4.47. The number of rotatable bonds is 2. The monoisotopic (exact) mass is 232 g/mol. The van der Waals surface area contributed by atoms with Gasteiger partial charge in [-0.25, -0.2) is 0 Å². The van der Waals surface area contributed by atoms with Crippen LogP contribution in [0.2, 0.25) is 0 Å². The Morgan fingerprint density at radius 3 is 0.706 bits per heavy atom. The fourth-order valence-electron chi connectivity index (χ4n) is 0.888. The number of methoxy groups -OCH3 is 2. The van der Waals surface area contributed by atoms with Crippen LogP contribution in [-0.4, -0.2) is 21.0 Å². The van der Waals surface area contributed by atoms with Crippen LogP contribution >= 0.6 is 0 Å². The Labute approximate surface area is 104 Å². The van der Waals surface area contributed by atoms with E-state index in [4.69, 9.17) is 0 Å². The minimum atomic E-state index is 0.389. The van der Waals surface area contributed by atoms with Crippen LogP contribution in [0.25, 0.3) is 0 Å². The van der Waals surface area contributed by atoms with Crippen LogP contribution in [0, 0.1) is 0 Å². The van der Waals surface area contributed by atoms with E-state index in [1.54, 1.807) is 14.2 Å². The summed E-state index contributed by atoms with van der Waals surface area (Å²) in [5.41, 5.74) is 0. The molecule has 0 saturated heterocycles. The minimum Gasteiger partial charge on any atom is -0.359 e. The molecule has 92 valence electrons. The van der Waals surface area contributed by atoms with Crippen molar-refractivity contribution < 1.29 is 9.47 Å². The van der Waals surface area contributed by atoms with Gasteiger partial charge in [0.05, 0.1) is 0 Å². The van der Waals surface area contributed by atoms with Gasteiger partial charge < -0.3 is 9.47 Å². The molecule has 2 heteroatoms. The zero-order chi connectivity index (χ0) is 12.6. The third-order valence-corrected chi connectivity index (χ3v) is 1.57. The van der Waals surface area contributed by atoms with Gasteiger partial charge in [0, 0.05) is 14.2 Å². The molecule has 2 rings (SSSR count). The summed E-state index contributed by atoms with van der Waals surface area (Å²) in [6.07, 6.45) is 0. The summed E-state index contributed by atoms with van der Waals surface area (Å²) in [6.45, 7) is 0.389. The highest BCUT2D eigenvalue weighted by Crippen LogP contribution is 1.80. The predicted octanol–water partition coefficient (Wildman–Crippen LogP) is 3.61. The van der Waals surface area contributed by atoms with E-state index < -0.39 is 0 Å². The molecule has 0 radical (unpaired) electrons. The molecule has 0 aliphatic heterocycles. The molecule has 0 bridgehead atoms. The Morgan fingerprint density at radius 1 is 0.471 bits per heavy atom. The lowest BCUT2D eigenvalue weighted by atomic mass is 10.4. The molecular weight excluding hydrogens is 212 g/mol. The molecule has 0 spiro atoms. The number of hydrogen-bond donors (Lipinski definition) is 0. The second-order valence-electron chi connectivity index (χ2n) is 3.00. The summed E-state index contributed by atoms with van der Waals surface area (Å²) < 4.78 is 8.94. The molecule has 0 saturated carbocycles. The van der Waals surface area contributed by atoms with E-state index in [0.717, 1.165) is 0 Å². The average Bonchev–Trinajstić information content (AvgIpc) is 2.45. The van der Waals surface area contributed by atoms with Crippen LogP contribution in [0.1, 0.15) is 0 Å². The third-order valence-electron chi connectivity index (χ3n) is 1.57. The van der Waals surface area contributed by atoms with Gasteiger partial charge in [0.25, 0.3) is 0 Å². The summed E-state index contributed by atoms with van der Waals surface area (Å²) in [5, 5.41) is 0. The predicted molar refractivity (Wildman–Crippen MR) is 71.8 cm³/mol. The van der Waals surface area contributed by atoms with E-state index >= 15 is 0 Å². The van der Waals surface area contributed by atoms with Gasteiger partial charge in [0.2, 0.25) is 0 Å². The van der Waals surface area contributed by atoms with E-state index in [2.05, 4.69) is 9.47 Å². The molecule has 2 aromatic carbocycles. The first kappa shape index (κ1) is 15.4. The van der Waals surface area contributed by atoms with Crippen LogP contribution in [-0.2, 0) is 9.47 Å². The number of hydrogen-bond acceptors (Lipinski definition) is 2. The van der Waals surface area contributed by atoms with Crippen LogP contribution in [0.15, 0.2) is 72.8 Å². The van der Waals surface area contributed by atoms with Crippen LogP contribution in [0.4, 0.5) is 0 Å². The summed E-state index contributed by atoms with van der Waals surface area (Å²) in [6, 6.07) is 24.0. The van der Waals surface area contributed by atoms with Crippen LogP contribution < -0.4 is 0 Å². The van der Waals surface area contributed by atoms with E-state index in [-0.39, 0.29) is 0 Å². The zero-order valence-electron chi connectivity index (χ0n) is 10.5. The molecule has 0 atom stereocenters. The lowest BCUT2D eigenvalue weighted by Gasteiger charge is -1.87.